The number of hydrogen-bond donors (Lipinski definition) is 1. The average Bonchev–Trinajstić information content (AvgIpc) is 2.51. The van der Waals surface area contributed by atoms with Crippen LogP contribution >= 0.6 is 11.8 Å². The zero-order valence-electron chi connectivity index (χ0n) is 10.9. The molecule has 0 saturated heterocycles. The molecule has 0 bridgehead atoms. The molecule has 1 N–H and O–H groups in total. The summed E-state index contributed by atoms with van der Waals surface area (Å²) in [5.74, 6) is 2.36. The van der Waals surface area contributed by atoms with Gasteiger partial charge in [-0.05, 0) is 20.2 Å². The average molecular weight is 242 g/mol. The Morgan fingerprint density at radius 2 is 2.19 bits per heavy atom. The number of nitrogens with one attached hydrogen (secondary N) is 1. The van der Waals surface area contributed by atoms with Gasteiger partial charge in [-0.25, -0.2) is 0 Å². The van der Waals surface area contributed by atoms with Gasteiger partial charge in [-0.3, -0.25) is 4.68 Å². The number of rotatable bonds is 6. The van der Waals surface area contributed by atoms with Crippen molar-refractivity contribution in [1.29, 1.82) is 0 Å². The molecule has 0 aliphatic heterocycles. The van der Waals surface area contributed by atoms with E-state index in [-0.39, 0.29) is 0 Å². The maximum Gasteiger partial charge on any atom is 0.131 e. The molecule has 0 radical (unpaired) electrons. The molecule has 0 aromatic carbocycles. The molecule has 16 heavy (non-hydrogen) atoms. The van der Waals surface area contributed by atoms with E-state index in [9.17, 15) is 0 Å². The van der Waals surface area contributed by atoms with E-state index in [1.54, 1.807) is 0 Å². The van der Waals surface area contributed by atoms with Crippen molar-refractivity contribution in [3.63, 3.8) is 0 Å². The van der Waals surface area contributed by atoms with Crippen molar-refractivity contribution < 1.29 is 0 Å². The Balaban J connectivity index is 2.91. The molecule has 0 atom stereocenters. The van der Waals surface area contributed by atoms with Crippen molar-refractivity contribution in [3.8, 4) is 0 Å². The van der Waals surface area contributed by atoms with Crippen LogP contribution in [0.4, 0.5) is 5.82 Å². The highest BCUT2D eigenvalue weighted by atomic mass is 32.2. The fraction of sp³-hybridized carbons (Fsp3) is 0.727. The fourth-order valence-corrected chi connectivity index (χ4v) is 2.34. The summed E-state index contributed by atoms with van der Waals surface area (Å²) in [6.45, 7) is 3.99. The van der Waals surface area contributed by atoms with Crippen LogP contribution in [0.2, 0.25) is 0 Å². The first-order valence-corrected chi connectivity index (χ1v) is 6.88. The lowest BCUT2D eigenvalue weighted by Crippen LogP contribution is -2.24. The van der Waals surface area contributed by atoms with Gasteiger partial charge >= 0.3 is 0 Å². The van der Waals surface area contributed by atoms with E-state index >= 15 is 0 Å². The molecule has 1 heterocycles. The number of anilines is 1. The molecule has 5 heteroatoms. The third-order valence-corrected chi connectivity index (χ3v) is 3.25. The Morgan fingerprint density at radius 1 is 1.50 bits per heavy atom. The highest BCUT2D eigenvalue weighted by Gasteiger charge is 2.15. The van der Waals surface area contributed by atoms with Crippen molar-refractivity contribution >= 4 is 17.6 Å². The largest absolute Gasteiger partial charge is 0.359 e. The fourth-order valence-electron chi connectivity index (χ4n) is 1.89. The predicted molar refractivity (Wildman–Crippen MR) is 72.4 cm³/mol. The summed E-state index contributed by atoms with van der Waals surface area (Å²) in [7, 11) is 6.11. The highest BCUT2D eigenvalue weighted by Crippen LogP contribution is 2.22. The second-order valence-corrected chi connectivity index (χ2v) is 4.94. The number of thioether (sulfide) groups is 1. The van der Waals surface area contributed by atoms with Crippen LogP contribution in [-0.4, -0.2) is 42.4 Å². The smallest absolute Gasteiger partial charge is 0.131 e. The van der Waals surface area contributed by atoms with Gasteiger partial charge in [-0.15, -0.1) is 0 Å². The van der Waals surface area contributed by atoms with Gasteiger partial charge in [-0.2, -0.15) is 16.9 Å². The van der Waals surface area contributed by atoms with Gasteiger partial charge in [0.1, 0.15) is 5.82 Å². The topological polar surface area (TPSA) is 33.1 Å². The van der Waals surface area contributed by atoms with E-state index < -0.39 is 0 Å². The number of hydrogen-bond acceptors (Lipinski definition) is 4. The molecular weight excluding hydrogens is 220 g/mol. The van der Waals surface area contributed by atoms with Crippen LogP contribution in [0, 0.1) is 6.92 Å². The van der Waals surface area contributed by atoms with E-state index in [2.05, 4.69) is 35.5 Å². The first kappa shape index (κ1) is 13.4. The molecule has 0 amide bonds. The monoisotopic (exact) mass is 242 g/mol. The Bertz CT molecular complexity index is 335. The van der Waals surface area contributed by atoms with Crippen LogP contribution in [-0.2, 0) is 13.6 Å². The maximum atomic E-state index is 4.49. The molecule has 0 fully saturated rings. The molecule has 0 aliphatic carbocycles. The van der Waals surface area contributed by atoms with Crippen LogP contribution < -0.4 is 10.2 Å². The summed E-state index contributed by atoms with van der Waals surface area (Å²) >= 11 is 1.87. The summed E-state index contributed by atoms with van der Waals surface area (Å²) in [5.41, 5.74) is 2.41. The van der Waals surface area contributed by atoms with Gasteiger partial charge in [0.2, 0.25) is 0 Å². The second kappa shape index (κ2) is 6.15. The quantitative estimate of drug-likeness (QED) is 0.814. The van der Waals surface area contributed by atoms with Crippen molar-refractivity contribution in [2.45, 2.75) is 13.5 Å². The van der Waals surface area contributed by atoms with Gasteiger partial charge in [0, 0.05) is 38.5 Å². The van der Waals surface area contributed by atoms with E-state index in [1.807, 2.05) is 30.5 Å². The minimum atomic E-state index is 0.874. The van der Waals surface area contributed by atoms with Crippen molar-refractivity contribution in [3.05, 3.63) is 11.3 Å². The predicted octanol–water partition coefficient (Wildman–Crippen LogP) is 1.25. The van der Waals surface area contributed by atoms with E-state index in [1.165, 1.54) is 11.4 Å². The lowest BCUT2D eigenvalue weighted by Gasteiger charge is -2.20. The second-order valence-electron chi connectivity index (χ2n) is 3.96. The first-order valence-electron chi connectivity index (χ1n) is 5.49. The van der Waals surface area contributed by atoms with Gasteiger partial charge in [-0.1, -0.05) is 0 Å². The standard InChI is InChI=1S/C11H22N4S/c1-9-10(8-12-2)11(15(4)13-9)14(3)6-7-16-5/h12H,6-8H2,1-5H3. The van der Waals surface area contributed by atoms with Crippen LogP contribution in [0.3, 0.4) is 0 Å². The summed E-state index contributed by atoms with van der Waals surface area (Å²) in [4.78, 5) is 2.28. The Hall–Kier alpha value is -0.680. The van der Waals surface area contributed by atoms with E-state index in [4.69, 9.17) is 0 Å². The molecule has 1 aromatic heterocycles. The molecule has 92 valence electrons. The lowest BCUT2D eigenvalue weighted by molar-refractivity contribution is 0.731. The summed E-state index contributed by atoms with van der Waals surface area (Å²) in [6, 6.07) is 0. The van der Waals surface area contributed by atoms with Crippen LogP contribution in [0.1, 0.15) is 11.3 Å². The molecule has 0 unspecified atom stereocenters. The van der Waals surface area contributed by atoms with Gasteiger partial charge in [0.25, 0.3) is 0 Å². The zero-order valence-corrected chi connectivity index (χ0v) is 11.7. The summed E-state index contributed by atoms with van der Waals surface area (Å²) in [6.07, 6.45) is 2.14. The third kappa shape index (κ3) is 2.92. The molecule has 1 aromatic rings. The molecular formula is C11H22N4S. The highest BCUT2D eigenvalue weighted by molar-refractivity contribution is 7.98. The van der Waals surface area contributed by atoms with Crippen LogP contribution in [0.25, 0.3) is 0 Å². The van der Waals surface area contributed by atoms with Crippen molar-refractivity contribution in [2.24, 2.45) is 7.05 Å². The molecule has 0 spiro atoms. The SMILES string of the molecule is CNCc1c(C)nn(C)c1N(C)CCSC. The summed E-state index contributed by atoms with van der Waals surface area (Å²) < 4.78 is 1.97. The van der Waals surface area contributed by atoms with Gasteiger partial charge in [0.05, 0.1) is 5.69 Å². The van der Waals surface area contributed by atoms with Crippen molar-refractivity contribution in [2.75, 3.05) is 37.5 Å². The Labute approximate surface area is 102 Å². The van der Waals surface area contributed by atoms with Gasteiger partial charge in [0.15, 0.2) is 0 Å². The third-order valence-electron chi connectivity index (χ3n) is 2.66. The Morgan fingerprint density at radius 3 is 2.75 bits per heavy atom. The first-order chi connectivity index (χ1) is 7.61. The minimum absolute atomic E-state index is 0.874. The zero-order chi connectivity index (χ0) is 12.1. The van der Waals surface area contributed by atoms with Crippen LogP contribution in [0.5, 0.6) is 0 Å². The summed E-state index contributed by atoms with van der Waals surface area (Å²) in [5, 5.41) is 7.69. The normalized spacial score (nSPS) is 10.8. The Kier molecular flexibility index (Phi) is 5.15. The van der Waals surface area contributed by atoms with E-state index in [0.717, 1.165) is 24.5 Å². The molecule has 0 aliphatic rings. The molecule has 0 saturated carbocycles. The van der Waals surface area contributed by atoms with E-state index in [0.29, 0.717) is 0 Å². The van der Waals surface area contributed by atoms with Crippen molar-refractivity contribution in [1.82, 2.24) is 15.1 Å². The number of aromatic nitrogens is 2. The van der Waals surface area contributed by atoms with Crippen LogP contribution in [0.15, 0.2) is 0 Å². The number of aryl methyl sites for hydroxylation is 2. The lowest BCUT2D eigenvalue weighted by atomic mass is 10.2. The maximum absolute atomic E-state index is 4.49. The van der Waals surface area contributed by atoms with Gasteiger partial charge < -0.3 is 10.2 Å². The minimum Gasteiger partial charge on any atom is -0.359 e. The molecule has 4 nitrogen and oxygen atoms in total. The molecule has 1 rings (SSSR count). The number of nitrogens with zero attached hydrogens (tertiary/aromatic N) is 3.